The Kier molecular flexibility index (Phi) is 3.73. The van der Waals surface area contributed by atoms with Crippen LogP contribution in [0.5, 0.6) is 5.75 Å². The first-order chi connectivity index (χ1) is 6.86. The molecule has 0 fully saturated rings. The number of benzene rings is 1. The van der Waals surface area contributed by atoms with Crippen LogP contribution in [0.1, 0.15) is 10.9 Å². The van der Waals surface area contributed by atoms with Crippen LogP contribution in [0.25, 0.3) is 0 Å². The van der Waals surface area contributed by atoms with Crippen molar-refractivity contribution < 1.29 is 17.9 Å². The maximum Gasteiger partial charge on any atom is 0.408 e. The van der Waals surface area contributed by atoms with E-state index < -0.39 is 11.6 Å². The molecule has 1 aromatic carbocycles. The highest BCUT2D eigenvalue weighted by molar-refractivity contribution is 6.33. The molecule has 0 heterocycles. The third-order valence-corrected chi connectivity index (χ3v) is 2.58. The molecule has 0 aliphatic carbocycles. The Bertz CT molecular complexity index is 352. The summed E-state index contributed by atoms with van der Waals surface area (Å²) in [6.45, 7) is 0. The Balaban J connectivity index is 3.06. The van der Waals surface area contributed by atoms with Gasteiger partial charge in [-0.1, -0.05) is 17.7 Å². The number of ether oxygens (including phenoxy) is 1. The molecule has 0 spiro atoms. The van der Waals surface area contributed by atoms with Crippen molar-refractivity contribution in [3.05, 3.63) is 28.8 Å². The van der Waals surface area contributed by atoms with E-state index in [-0.39, 0.29) is 10.6 Å². The van der Waals surface area contributed by atoms with Crippen molar-refractivity contribution >= 4 is 23.2 Å². The van der Waals surface area contributed by atoms with Gasteiger partial charge in [0.15, 0.2) is 5.38 Å². The predicted octanol–water partition coefficient (Wildman–Crippen LogP) is 4.19. The molecule has 15 heavy (non-hydrogen) atoms. The van der Waals surface area contributed by atoms with Gasteiger partial charge in [0.2, 0.25) is 0 Å². The second-order valence-electron chi connectivity index (χ2n) is 2.79. The lowest BCUT2D eigenvalue weighted by Gasteiger charge is -2.15. The van der Waals surface area contributed by atoms with E-state index in [9.17, 15) is 13.2 Å². The van der Waals surface area contributed by atoms with Crippen LogP contribution in [0.4, 0.5) is 13.2 Å². The molecule has 0 N–H and O–H groups in total. The smallest absolute Gasteiger partial charge is 0.408 e. The molecule has 1 unspecified atom stereocenters. The van der Waals surface area contributed by atoms with Gasteiger partial charge in [-0.05, 0) is 17.7 Å². The molecule has 0 amide bonds. The summed E-state index contributed by atoms with van der Waals surface area (Å²) in [7, 11) is 1.40. The normalized spacial score (nSPS) is 13.7. The molecule has 0 bridgehead atoms. The maximum absolute atomic E-state index is 12.3. The standard InChI is InChI=1S/C9H7Cl2F3O/c1-15-5-2-3-6(7(10)4-5)8(11)9(12,13)14/h2-4,8H,1H3. The van der Waals surface area contributed by atoms with E-state index >= 15 is 0 Å². The largest absolute Gasteiger partial charge is 0.497 e. The molecule has 1 rings (SSSR count). The summed E-state index contributed by atoms with van der Waals surface area (Å²) in [5, 5.41) is -2.16. The van der Waals surface area contributed by atoms with Crippen molar-refractivity contribution in [3.8, 4) is 5.75 Å². The van der Waals surface area contributed by atoms with Crippen molar-refractivity contribution in [2.24, 2.45) is 0 Å². The molecular weight excluding hydrogens is 252 g/mol. The lowest BCUT2D eigenvalue weighted by atomic mass is 10.1. The zero-order valence-corrected chi connectivity index (χ0v) is 9.12. The molecule has 0 aromatic heterocycles. The fourth-order valence-electron chi connectivity index (χ4n) is 1.02. The second-order valence-corrected chi connectivity index (χ2v) is 3.64. The number of rotatable bonds is 2. The molecule has 0 aliphatic heterocycles. The molecule has 6 heteroatoms. The minimum absolute atomic E-state index is 0.0633. The molecule has 1 aromatic rings. The van der Waals surface area contributed by atoms with Gasteiger partial charge in [0, 0.05) is 5.02 Å². The summed E-state index contributed by atoms with van der Waals surface area (Å²) >= 11 is 10.9. The third-order valence-electron chi connectivity index (χ3n) is 1.77. The van der Waals surface area contributed by atoms with Crippen LogP contribution in [0.15, 0.2) is 18.2 Å². The minimum atomic E-state index is -4.51. The van der Waals surface area contributed by atoms with E-state index in [1.54, 1.807) is 0 Å². The van der Waals surface area contributed by atoms with Crippen molar-refractivity contribution in [3.63, 3.8) is 0 Å². The van der Waals surface area contributed by atoms with E-state index in [1.807, 2.05) is 0 Å². The van der Waals surface area contributed by atoms with Gasteiger partial charge in [0.1, 0.15) is 5.75 Å². The number of hydrogen-bond acceptors (Lipinski definition) is 1. The van der Waals surface area contributed by atoms with Crippen molar-refractivity contribution in [1.29, 1.82) is 0 Å². The summed E-state index contributed by atoms with van der Waals surface area (Å²) in [6, 6.07) is 3.87. The van der Waals surface area contributed by atoms with Crippen molar-refractivity contribution in [1.82, 2.24) is 0 Å². The Hall–Kier alpha value is -0.610. The van der Waals surface area contributed by atoms with Crippen LogP contribution >= 0.6 is 23.2 Å². The number of alkyl halides is 4. The third kappa shape index (κ3) is 2.92. The molecule has 0 saturated carbocycles. The predicted molar refractivity (Wildman–Crippen MR) is 52.7 cm³/mol. The molecule has 0 aliphatic rings. The maximum atomic E-state index is 12.3. The first-order valence-electron chi connectivity index (χ1n) is 3.90. The SMILES string of the molecule is COc1ccc(C(Cl)C(F)(F)F)c(Cl)c1. The van der Waals surface area contributed by atoms with Gasteiger partial charge >= 0.3 is 6.18 Å². The Morgan fingerprint density at radius 2 is 1.93 bits per heavy atom. The number of halogens is 5. The highest BCUT2D eigenvalue weighted by Crippen LogP contribution is 2.41. The fourth-order valence-corrected chi connectivity index (χ4v) is 1.54. The minimum Gasteiger partial charge on any atom is -0.497 e. The fraction of sp³-hybridized carbons (Fsp3) is 0.333. The van der Waals surface area contributed by atoms with Crippen LogP contribution in [0, 0.1) is 0 Å². The number of hydrogen-bond donors (Lipinski definition) is 0. The van der Waals surface area contributed by atoms with Crippen LogP contribution in [-0.2, 0) is 0 Å². The molecule has 1 nitrogen and oxygen atoms in total. The van der Waals surface area contributed by atoms with Gasteiger partial charge in [-0.15, -0.1) is 11.6 Å². The van der Waals surface area contributed by atoms with Gasteiger partial charge in [0.05, 0.1) is 7.11 Å². The second kappa shape index (κ2) is 4.49. The van der Waals surface area contributed by atoms with Gasteiger partial charge < -0.3 is 4.74 Å². The lowest BCUT2D eigenvalue weighted by molar-refractivity contribution is -0.131. The average Bonchev–Trinajstić information content (AvgIpc) is 2.15. The molecule has 1 atom stereocenters. The van der Waals surface area contributed by atoms with Crippen LogP contribution in [0.2, 0.25) is 5.02 Å². The van der Waals surface area contributed by atoms with Gasteiger partial charge in [-0.3, -0.25) is 0 Å². The summed E-state index contributed by atoms with van der Waals surface area (Å²) in [6.07, 6.45) is -4.51. The van der Waals surface area contributed by atoms with E-state index in [2.05, 4.69) is 0 Å². The van der Waals surface area contributed by atoms with Crippen molar-refractivity contribution in [2.75, 3.05) is 7.11 Å². The highest BCUT2D eigenvalue weighted by atomic mass is 35.5. The molecule has 0 radical (unpaired) electrons. The number of methoxy groups -OCH3 is 1. The van der Waals surface area contributed by atoms with E-state index in [0.717, 1.165) is 0 Å². The Labute approximate surface area is 94.7 Å². The molecule has 84 valence electrons. The Morgan fingerprint density at radius 3 is 2.33 bits per heavy atom. The topological polar surface area (TPSA) is 9.23 Å². The summed E-state index contributed by atoms with van der Waals surface area (Å²) in [5.74, 6) is 0.384. The molecule has 0 saturated heterocycles. The molecular formula is C9H7Cl2F3O. The van der Waals surface area contributed by atoms with E-state index in [4.69, 9.17) is 27.9 Å². The zero-order chi connectivity index (χ0) is 11.6. The zero-order valence-electron chi connectivity index (χ0n) is 7.61. The van der Waals surface area contributed by atoms with Gasteiger partial charge in [-0.2, -0.15) is 13.2 Å². The summed E-state index contributed by atoms with van der Waals surface area (Å²) in [5.41, 5.74) is -0.174. The summed E-state index contributed by atoms with van der Waals surface area (Å²) in [4.78, 5) is 0. The van der Waals surface area contributed by atoms with Crippen LogP contribution in [-0.4, -0.2) is 13.3 Å². The average molecular weight is 259 g/mol. The van der Waals surface area contributed by atoms with Gasteiger partial charge in [-0.25, -0.2) is 0 Å². The first-order valence-corrected chi connectivity index (χ1v) is 4.72. The highest BCUT2D eigenvalue weighted by Gasteiger charge is 2.40. The lowest BCUT2D eigenvalue weighted by Crippen LogP contribution is -2.15. The first kappa shape index (κ1) is 12.5. The van der Waals surface area contributed by atoms with Gasteiger partial charge in [0.25, 0.3) is 0 Å². The van der Waals surface area contributed by atoms with E-state index in [1.165, 1.54) is 25.3 Å². The monoisotopic (exact) mass is 258 g/mol. The van der Waals surface area contributed by atoms with E-state index in [0.29, 0.717) is 5.75 Å². The quantitative estimate of drug-likeness (QED) is 0.723. The Morgan fingerprint density at radius 1 is 1.33 bits per heavy atom. The van der Waals surface area contributed by atoms with Crippen LogP contribution in [0.3, 0.4) is 0 Å². The summed E-state index contributed by atoms with van der Waals surface area (Å²) < 4.78 is 41.6. The van der Waals surface area contributed by atoms with Crippen LogP contribution < -0.4 is 4.74 Å². The van der Waals surface area contributed by atoms with Crippen molar-refractivity contribution in [2.45, 2.75) is 11.6 Å².